The summed E-state index contributed by atoms with van der Waals surface area (Å²) < 4.78 is 49.4. The molecule has 0 amide bonds. The summed E-state index contributed by atoms with van der Waals surface area (Å²) in [5.74, 6) is 0.674. The van der Waals surface area contributed by atoms with Gasteiger partial charge in [0.2, 0.25) is 0 Å². The Morgan fingerprint density at radius 2 is 1.54 bits per heavy atom. The fourth-order valence-electron chi connectivity index (χ4n) is 2.70. The molecule has 0 saturated carbocycles. The third kappa shape index (κ3) is 10.6. The zero-order valence-electron chi connectivity index (χ0n) is 17.7. The smallest absolute Gasteiger partial charge is 0.744 e. The van der Waals surface area contributed by atoms with Gasteiger partial charge in [0.25, 0.3) is 5.12 Å². The average Bonchev–Trinajstić information content (AvgIpc) is 2.62. The predicted octanol–water partition coefficient (Wildman–Crippen LogP) is 1.24. The van der Waals surface area contributed by atoms with E-state index in [9.17, 15) is 13.0 Å². The van der Waals surface area contributed by atoms with E-state index in [1.54, 1.807) is 6.92 Å². The fourth-order valence-corrected chi connectivity index (χ4v) is 3.19. The van der Waals surface area contributed by atoms with Crippen LogP contribution in [0.1, 0.15) is 64.9 Å². The Morgan fingerprint density at radius 3 is 2.11 bits per heavy atom. The molecule has 28 heavy (non-hydrogen) atoms. The summed E-state index contributed by atoms with van der Waals surface area (Å²) in [6.45, 7) is 5.02. The van der Waals surface area contributed by atoms with Gasteiger partial charge in [-0.2, -0.15) is 0 Å². The van der Waals surface area contributed by atoms with Crippen LogP contribution in [0.2, 0.25) is 0 Å². The molecular weight excluding hydrogens is 391 g/mol. The van der Waals surface area contributed by atoms with Crippen LogP contribution in [0.3, 0.4) is 0 Å². The quantitative estimate of drug-likeness (QED) is 0.182. The summed E-state index contributed by atoms with van der Waals surface area (Å²) >= 11 is 0. The third-order valence-corrected chi connectivity index (χ3v) is 5.46. The first-order valence-corrected chi connectivity index (χ1v) is 11.2. The van der Waals surface area contributed by atoms with Crippen molar-refractivity contribution in [3.63, 3.8) is 0 Å². The Morgan fingerprint density at radius 1 is 0.929 bits per heavy atom. The van der Waals surface area contributed by atoms with E-state index in [1.807, 2.05) is 24.3 Å². The van der Waals surface area contributed by atoms with E-state index in [0.29, 0.717) is 5.75 Å². The molecule has 0 aliphatic heterocycles. The van der Waals surface area contributed by atoms with Gasteiger partial charge in [-0.05, 0) is 37.5 Å². The van der Waals surface area contributed by atoms with Crippen molar-refractivity contribution in [1.29, 1.82) is 0 Å². The number of ether oxygens (including phenoxy) is 3. The summed E-state index contributed by atoms with van der Waals surface area (Å²) in [5.41, 5.74) is 1.27. The molecule has 1 unspecified atom stereocenters. The minimum atomic E-state index is -4.74. The first-order valence-electron chi connectivity index (χ1n) is 9.77. The van der Waals surface area contributed by atoms with Gasteiger partial charge in [-0.15, -0.1) is 0 Å². The van der Waals surface area contributed by atoms with Crippen molar-refractivity contribution in [1.82, 2.24) is 0 Å². The second-order valence-corrected chi connectivity index (χ2v) is 8.26. The number of hydrogen-bond acceptors (Lipinski definition) is 6. The second kappa shape index (κ2) is 14.8. The Hall–Kier alpha value is -0.150. The van der Waals surface area contributed by atoms with Crippen molar-refractivity contribution >= 4 is 10.1 Å². The van der Waals surface area contributed by atoms with Crippen molar-refractivity contribution < 1.29 is 56.7 Å². The molecule has 0 aliphatic rings. The largest absolute Gasteiger partial charge is 1.00 e. The van der Waals surface area contributed by atoms with Gasteiger partial charge in [-0.3, -0.25) is 0 Å². The summed E-state index contributed by atoms with van der Waals surface area (Å²) in [6.07, 6.45) is 8.72. The number of rotatable bonds is 15. The first-order chi connectivity index (χ1) is 12.8. The summed E-state index contributed by atoms with van der Waals surface area (Å²) in [4.78, 5) is 0. The molecule has 8 heteroatoms. The van der Waals surface area contributed by atoms with Crippen LogP contribution in [-0.2, 0) is 26.0 Å². The zero-order chi connectivity index (χ0) is 20.2. The van der Waals surface area contributed by atoms with E-state index in [4.69, 9.17) is 14.2 Å². The van der Waals surface area contributed by atoms with Crippen LogP contribution in [0.5, 0.6) is 5.75 Å². The minimum Gasteiger partial charge on any atom is -0.744 e. The van der Waals surface area contributed by atoms with Gasteiger partial charge >= 0.3 is 29.6 Å². The van der Waals surface area contributed by atoms with Gasteiger partial charge in [0, 0.05) is 13.5 Å². The van der Waals surface area contributed by atoms with E-state index in [-0.39, 0.29) is 49.4 Å². The molecule has 0 heterocycles. The molecule has 6 nitrogen and oxygen atoms in total. The number of unbranched alkanes of at least 4 members (excludes halogenated alkanes) is 5. The van der Waals surface area contributed by atoms with Crippen LogP contribution < -0.4 is 34.3 Å². The Balaban J connectivity index is 0.00000729. The van der Waals surface area contributed by atoms with Crippen molar-refractivity contribution in [2.45, 2.75) is 70.8 Å². The van der Waals surface area contributed by atoms with Gasteiger partial charge in [0.05, 0.1) is 6.61 Å². The maximum absolute atomic E-state index is 11.3. The maximum Gasteiger partial charge on any atom is 1.00 e. The molecule has 156 valence electrons. The van der Waals surface area contributed by atoms with Gasteiger partial charge < -0.3 is 18.8 Å². The molecule has 0 N–H and O–H groups in total. The van der Waals surface area contributed by atoms with E-state index in [0.717, 1.165) is 13.3 Å². The van der Waals surface area contributed by atoms with E-state index in [1.165, 1.54) is 44.1 Å². The molecule has 0 fully saturated rings. The molecule has 0 spiro atoms. The summed E-state index contributed by atoms with van der Waals surface area (Å²) in [5, 5.41) is -2.19. The van der Waals surface area contributed by atoms with E-state index >= 15 is 0 Å². The fraction of sp³-hybridized carbons (Fsp3) is 0.700. The Labute approximate surface area is 192 Å². The average molecular weight is 425 g/mol. The number of hydrogen-bond donors (Lipinski definition) is 0. The van der Waals surface area contributed by atoms with Crippen LogP contribution in [0.25, 0.3) is 0 Å². The SMILES string of the molecule is CCCCCCCCc1ccc(OCCOC(C)(OCC)S(=O)(=O)[O-])cc1.[Na+]. The van der Waals surface area contributed by atoms with Crippen molar-refractivity contribution in [2.24, 2.45) is 0 Å². The third-order valence-electron chi connectivity index (χ3n) is 4.32. The summed E-state index contributed by atoms with van der Waals surface area (Å²) in [7, 11) is -4.74. The van der Waals surface area contributed by atoms with E-state index < -0.39 is 15.2 Å². The molecule has 0 aromatic heterocycles. The first kappa shape index (κ1) is 27.8. The zero-order valence-corrected chi connectivity index (χ0v) is 20.6. The van der Waals surface area contributed by atoms with Crippen molar-refractivity contribution in [3.05, 3.63) is 29.8 Å². The maximum atomic E-state index is 11.3. The molecule has 0 aliphatic carbocycles. The van der Waals surface area contributed by atoms with Crippen LogP contribution >= 0.6 is 0 Å². The Kier molecular flexibility index (Phi) is 14.7. The number of benzene rings is 1. The molecule has 1 rings (SSSR count). The predicted molar refractivity (Wildman–Crippen MR) is 105 cm³/mol. The second-order valence-electron chi connectivity index (χ2n) is 6.61. The molecule has 0 saturated heterocycles. The minimum absolute atomic E-state index is 0. The molecule has 1 atom stereocenters. The van der Waals surface area contributed by atoms with Gasteiger partial charge in [-0.25, -0.2) is 8.42 Å². The summed E-state index contributed by atoms with van der Waals surface area (Å²) in [6, 6.07) is 7.85. The van der Waals surface area contributed by atoms with Gasteiger partial charge in [-0.1, -0.05) is 51.2 Å². The molecule has 0 bridgehead atoms. The molecule has 0 radical (unpaired) electrons. The van der Waals surface area contributed by atoms with Crippen molar-refractivity contribution in [2.75, 3.05) is 19.8 Å². The topological polar surface area (TPSA) is 84.9 Å². The Bertz CT molecular complexity index is 620. The van der Waals surface area contributed by atoms with Gasteiger partial charge in [0.1, 0.15) is 12.4 Å². The van der Waals surface area contributed by atoms with Crippen LogP contribution in [0.4, 0.5) is 0 Å². The van der Waals surface area contributed by atoms with Crippen LogP contribution in [0.15, 0.2) is 24.3 Å². The molecular formula is C20H33NaO6S. The van der Waals surface area contributed by atoms with Gasteiger partial charge in [0.15, 0.2) is 10.1 Å². The number of aryl methyl sites for hydroxylation is 1. The van der Waals surface area contributed by atoms with Crippen LogP contribution in [-0.4, -0.2) is 37.9 Å². The normalized spacial score (nSPS) is 13.6. The molecule has 1 aromatic carbocycles. The van der Waals surface area contributed by atoms with Crippen molar-refractivity contribution in [3.8, 4) is 5.75 Å². The van der Waals surface area contributed by atoms with Crippen LogP contribution in [0, 0.1) is 0 Å². The monoisotopic (exact) mass is 424 g/mol. The standard InChI is InChI=1S/C20H34O6S.Na/c1-4-6-7-8-9-10-11-18-12-14-19(15-13-18)24-16-17-26-20(3,25-5-2)27(21,22)23;/h12-15H,4-11,16-17H2,1-3H3,(H,21,22,23);/q;+1/p-1. The molecule has 1 aromatic rings. The van der Waals surface area contributed by atoms with E-state index in [2.05, 4.69) is 6.92 Å².